The summed E-state index contributed by atoms with van der Waals surface area (Å²) in [7, 11) is -5.44. The van der Waals surface area contributed by atoms with E-state index in [4.69, 9.17) is 15.7 Å². The number of aromatic nitrogens is 2. The van der Waals surface area contributed by atoms with E-state index in [0.29, 0.717) is 12.1 Å². The summed E-state index contributed by atoms with van der Waals surface area (Å²) in [5.41, 5.74) is 4.84. The third-order valence-electron chi connectivity index (χ3n) is 4.54. The van der Waals surface area contributed by atoms with Crippen molar-refractivity contribution in [3.8, 4) is 23.1 Å². The Morgan fingerprint density at radius 2 is 1.54 bits per heavy atom. The summed E-state index contributed by atoms with van der Waals surface area (Å²) < 4.78 is 109. The van der Waals surface area contributed by atoms with E-state index in [1.54, 1.807) is 6.07 Å². The first-order valence-electron chi connectivity index (χ1n) is 9.30. The van der Waals surface area contributed by atoms with Crippen LogP contribution >= 0.6 is 0 Å². The molecule has 194 valence electrons. The Labute approximate surface area is 202 Å². The Hall–Kier alpha value is -4.66. The third-order valence-corrected chi connectivity index (χ3v) is 5.76. The molecule has 0 bridgehead atoms. The molecule has 11 nitrogen and oxygen atoms in total. The first-order valence-corrected chi connectivity index (χ1v) is 10.7. The molecule has 37 heavy (non-hydrogen) atoms. The number of nitriles is 1. The average Bonchev–Trinajstić information content (AvgIpc) is 2.77. The number of benzene rings is 2. The van der Waals surface area contributed by atoms with Gasteiger partial charge in [0.15, 0.2) is 5.75 Å². The molecular weight excluding hydrogens is 538 g/mol. The zero-order valence-corrected chi connectivity index (χ0v) is 18.4. The highest BCUT2D eigenvalue weighted by Gasteiger charge is 2.39. The molecule has 2 aromatic carbocycles. The second-order valence-corrected chi connectivity index (χ2v) is 8.57. The van der Waals surface area contributed by atoms with Crippen LogP contribution in [0.2, 0.25) is 0 Å². The number of nitrogens with zero attached hydrogens (tertiary/aromatic N) is 4. The number of nitro benzene ring substituents is 1. The molecule has 18 heteroatoms. The van der Waals surface area contributed by atoms with Crippen molar-refractivity contribution in [2.45, 2.75) is 17.2 Å². The lowest BCUT2D eigenvalue weighted by molar-refractivity contribution is -0.384. The topological polar surface area (TPSA) is 188 Å². The van der Waals surface area contributed by atoms with Crippen LogP contribution in [0.3, 0.4) is 0 Å². The van der Waals surface area contributed by atoms with Crippen LogP contribution in [-0.2, 0) is 22.5 Å². The Morgan fingerprint density at radius 1 is 0.973 bits per heavy atom. The van der Waals surface area contributed by atoms with Crippen molar-refractivity contribution in [3.63, 3.8) is 0 Å². The van der Waals surface area contributed by atoms with Crippen molar-refractivity contribution in [3.05, 3.63) is 63.2 Å². The zero-order chi connectivity index (χ0) is 27.9. The molecule has 1 heterocycles. The Bertz CT molecular complexity index is 1540. The van der Waals surface area contributed by atoms with Gasteiger partial charge >= 0.3 is 22.5 Å². The van der Waals surface area contributed by atoms with Gasteiger partial charge in [0.1, 0.15) is 22.3 Å². The van der Waals surface area contributed by atoms with Crippen LogP contribution < -0.4 is 15.7 Å². The van der Waals surface area contributed by atoms with E-state index in [9.17, 15) is 50.1 Å². The summed E-state index contributed by atoms with van der Waals surface area (Å²) in [6, 6.07) is 3.20. The average molecular weight is 548 g/mol. The molecule has 0 aliphatic rings. The number of non-ortho nitro benzene ring substituents is 1. The highest BCUT2D eigenvalue weighted by molar-refractivity contribution is 7.87. The number of rotatable bonds is 5. The Morgan fingerprint density at radius 3 is 2.03 bits per heavy atom. The number of hydrogen-bond acceptors (Lipinski definition) is 10. The minimum Gasteiger partial charge on any atom is -0.382 e. The number of alkyl halides is 6. The van der Waals surface area contributed by atoms with Crippen molar-refractivity contribution in [2.24, 2.45) is 0 Å². The highest BCUT2D eigenvalue weighted by Crippen LogP contribution is 2.40. The molecule has 4 N–H and O–H groups in total. The van der Waals surface area contributed by atoms with Crippen molar-refractivity contribution in [1.29, 1.82) is 5.26 Å². The molecule has 0 atom stereocenters. The molecule has 0 saturated heterocycles. The lowest BCUT2D eigenvalue weighted by Gasteiger charge is -2.16. The van der Waals surface area contributed by atoms with Gasteiger partial charge in [-0.3, -0.25) is 10.1 Å². The quantitative estimate of drug-likeness (QED) is 0.205. The second-order valence-electron chi connectivity index (χ2n) is 7.02. The first-order chi connectivity index (χ1) is 16.9. The van der Waals surface area contributed by atoms with Crippen LogP contribution in [0, 0.1) is 21.4 Å². The number of halogens is 6. The molecule has 0 saturated carbocycles. The number of nitro groups is 1. The minimum atomic E-state index is -5.44. The molecule has 0 aliphatic heterocycles. The number of nitrogen functional groups attached to an aromatic ring is 2. The summed E-state index contributed by atoms with van der Waals surface area (Å²) in [6.07, 6.45) is -10.7. The van der Waals surface area contributed by atoms with Gasteiger partial charge in [0.25, 0.3) is 5.69 Å². The van der Waals surface area contributed by atoms with Crippen LogP contribution in [0.4, 0.5) is 43.8 Å². The number of nitrogens with two attached hydrogens (primary N) is 2. The van der Waals surface area contributed by atoms with Gasteiger partial charge in [-0.05, 0) is 24.3 Å². The molecule has 3 rings (SSSR count). The molecule has 0 unspecified atom stereocenters. The maximum atomic E-state index is 13.2. The molecule has 0 amide bonds. The fourth-order valence-electron chi connectivity index (χ4n) is 2.93. The van der Waals surface area contributed by atoms with Crippen LogP contribution in [0.15, 0.2) is 41.3 Å². The van der Waals surface area contributed by atoms with Crippen LogP contribution in [0.5, 0.6) is 5.75 Å². The van der Waals surface area contributed by atoms with Crippen molar-refractivity contribution >= 4 is 27.6 Å². The molecule has 0 aliphatic carbocycles. The van der Waals surface area contributed by atoms with Gasteiger partial charge in [0.2, 0.25) is 5.95 Å². The smallest absolute Gasteiger partial charge is 0.382 e. The number of hydrogen-bond donors (Lipinski definition) is 2. The van der Waals surface area contributed by atoms with Crippen LogP contribution in [0.25, 0.3) is 11.3 Å². The van der Waals surface area contributed by atoms with Gasteiger partial charge in [0, 0.05) is 12.1 Å². The Kier molecular flexibility index (Phi) is 6.62. The standard InChI is InChI=1S/C19H10F6N6O5S/c20-18(21,22)8-3-9(19(23,24)25)5-11(4-8)37(34,35)36-14-2-1-10(31(32)33)6-12(14)15-13(7-26)16(27)30-17(28)29-15/h1-6H,(H4,27,28,29,30). The van der Waals surface area contributed by atoms with E-state index in [-0.39, 0.29) is 18.2 Å². The zero-order valence-electron chi connectivity index (χ0n) is 17.6. The lowest BCUT2D eigenvalue weighted by Crippen LogP contribution is -2.16. The van der Waals surface area contributed by atoms with E-state index >= 15 is 0 Å². The van der Waals surface area contributed by atoms with Gasteiger partial charge in [-0.1, -0.05) is 0 Å². The first kappa shape index (κ1) is 26.9. The SMILES string of the molecule is N#Cc1c(N)nc(N)nc1-c1cc([N+](=O)[O-])ccc1OS(=O)(=O)c1cc(C(F)(F)F)cc(C(F)(F)F)c1. The van der Waals surface area contributed by atoms with Crippen LogP contribution in [0.1, 0.15) is 16.7 Å². The predicted molar refractivity (Wildman–Crippen MR) is 112 cm³/mol. The van der Waals surface area contributed by atoms with Gasteiger partial charge in [-0.15, -0.1) is 0 Å². The van der Waals surface area contributed by atoms with Gasteiger partial charge in [-0.2, -0.15) is 45.0 Å². The molecule has 3 aromatic rings. The summed E-state index contributed by atoms with van der Waals surface area (Å²) in [6.45, 7) is 0. The van der Waals surface area contributed by atoms with E-state index < -0.39 is 83.4 Å². The predicted octanol–water partition coefficient (Wildman–Crippen LogP) is 3.89. The van der Waals surface area contributed by atoms with Gasteiger partial charge in [-0.25, -0.2) is 4.98 Å². The van der Waals surface area contributed by atoms with Gasteiger partial charge < -0.3 is 15.7 Å². The summed E-state index contributed by atoms with van der Waals surface area (Å²) in [5, 5.41) is 20.6. The third kappa shape index (κ3) is 5.61. The highest BCUT2D eigenvalue weighted by atomic mass is 32.2. The van der Waals surface area contributed by atoms with E-state index in [1.165, 1.54) is 0 Å². The fourth-order valence-corrected chi connectivity index (χ4v) is 3.95. The van der Waals surface area contributed by atoms with E-state index in [1.807, 2.05) is 0 Å². The molecule has 1 aromatic heterocycles. The molecule has 0 spiro atoms. The maximum Gasteiger partial charge on any atom is 0.416 e. The van der Waals surface area contributed by atoms with Crippen molar-refractivity contribution < 1.29 is 43.9 Å². The van der Waals surface area contributed by atoms with Crippen molar-refractivity contribution in [1.82, 2.24) is 9.97 Å². The normalized spacial score (nSPS) is 12.1. The summed E-state index contributed by atoms with van der Waals surface area (Å²) >= 11 is 0. The van der Waals surface area contributed by atoms with E-state index in [0.717, 1.165) is 6.07 Å². The van der Waals surface area contributed by atoms with Crippen LogP contribution in [-0.4, -0.2) is 23.3 Å². The van der Waals surface area contributed by atoms with Crippen molar-refractivity contribution in [2.75, 3.05) is 11.5 Å². The number of anilines is 2. The maximum absolute atomic E-state index is 13.2. The van der Waals surface area contributed by atoms with Gasteiger partial charge in [0.05, 0.1) is 27.3 Å². The molecule has 0 fully saturated rings. The summed E-state index contributed by atoms with van der Waals surface area (Å²) in [4.78, 5) is 16.0. The Balaban J connectivity index is 2.26. The van der Waals surface area contributed by atoms with E-state index in [2.05, 4.69) is 9.97 Å². The minimum absolute atomic E-state index is 0.0863. The summed E-state index contributed by atoms with van der Waals surface area (Å²) in [5.74, 6) is -1.93. The second kappa shape index (κ2) is 9.09. The fraction of sp³-hybridized carbons (Fsp3) is 0.105. The largest absolute Gasteiger partial charge is 0.416 e. The lowest BCUT2D eigenvalue weighted by atomic mass is 10.1. The molecule has 0 radical (unpaired) electrons. The molecular formula is C19H10F6N6O5S. The monoisotopic (exact) mass is 548 g/mol.